The Morgan fingerprint density at radius 2 is 1.81 bits per heavy atom. The fraction of sp³-hybridized carbons (Fsp3) is 0.480. The average Bonchev–Trinajstić information content (AvgIpc) is 3.37. The lowest BCUT2D eigenvalue weighted by molar-refractivity contribution is -0.157. The largest absolute Gasteiger partial charge is 0.459 e. The van der Waals surface area contributed by atoms with Crippen LogP contribution in [0, 0.1) is 0 Å². The zero-order chi connectivity index (χ0) is 22.5. The van der Waals surface area contributed by atoms with Gasteiger partial charge in [-0.3, -0.25) is 9.59 Å². The molecule has 7 heteroatoms. The van der Waals surface area contributed by atoms with Gasteiger partial charge in [0.05, 0.1) is 6.26 Å². The summed E-state index contributed by atoms with van der Waals surface area (Å²) in [6, 6.07) is 10.4. The van der Waals surface area contributed by atoms with Gasteiger partial charge in [-0.15, -0.1) is 0 Å². The van der Waals surface area contributed by atoms with Gasteiger partial charge in [-0.1, -0.05) is 43.5 Å². The van der Waals surface area contributed by atoms with E-state index in [2.05, 4.69) is 0 Å². The lowest BCUT2D eigenvalue weighted by atomic mass is 9.93. The monoisotopic (exact) mass is 438 g/mol. The summed E-state index contributed by atoms with van der Waals surface area (Å²) < 4.78 is 10.7. The van der Waals surface area contributed by atoms with E-state index in [1.165, 1.54) is 17.6 Å². The van der Waals surface area contributed by atoms with Crippen LogP contribution >= 0.6 is 0 Å². The normalized spacial score (nSPS) is 18.7. The molecule has 1 aliphatic carbocycles. The molecule has 1 saturated carbocycles. The van der Waals surface area contributed by atoms with Gasteiger partial charge in [0.2, 0.25) is 0 Å². The van der Waals surface area contributed by atoms with Crippen LogP contribution in [0.2, 0.25) is 0 Å². The van der Waals surface area contributed by atoms with E-state index in [4.69, 9.17) is 9.15 Å². The minimum absolute atomic E-state index is 0.173. The van der Waals surface area contributed by atoms with Gasteiger partial charge in [-0.2, -0.15) is 0 Å². The molecule has 0 saturated heterocycles. The summed E-state index contributed by atoms with van der Waals surface area (Å²) in [6.07, 6.45) is 7.23. The molecular formula is C25H30N2O5. The van der Waals surface area contributed by atoms with Gasteiger partial charge in [0.15, 0.2) is 12.4 Å². The van der Waals surface area contributed by atoms with Crippen LogP contribution in [0.4, 0.5) is 0 Å². The number of benzene rings is 1. The number of fused-ring (bicyclic) bond motifs is 1. The molecule has 0 N–H and O–H groups in total. The maximum absolute atomic E-state index is 13.1. The third kappa shape index (κ3) is 4.71. The quantitative estimate of drug-likeness (QED) is 0.644. The van der Waals surface area contributed by atoms with Gasteiger partial charge in [0.25, 0.3) is 11.8 Å². The second-order valence-electron chi connectivity index (χ2n) is 8.48. The fourth-order valence-corrected chi connectivity index (χ4v) is 4.83. The summed E-state index contributed by atoms with van der Waals surface area (Å²) in [7, 11) is 0. The van der Waals surface area contributed by atoms with E-state index < -0.39 is 12.0 Å². The first-order chi connectivity index (χ1) is 15.6. The number of likely N-dealkylation sites (N-methyl/N-ethyl adjacent to an activating group) is 1. The molecule has 32 heavy (non-hydrogen) atoms. The van der Waals surface area contributed by atoms with Crippen molar-refractivity contribution in [2.24, 2.45) is 0 Å². The number of nitrogens with zero attached hydrogens (tertiary/aromatic N) is 2. The summed E-state index contributed by atoms with van der Waals surface area (Å²) in [5.74, 6) is -0.928. The van der Waals surface area contributed by atoms with E-state index >= 15 is 0 Å². The standard InChI is InChI=1S/C25H30N2O5/c1-2-26(20-11-4-3-5-12-20)23(28)17-32-25(30)21-15-18-9-6-7-10-19(18)16-27(21)24(29)22-13-8-14-31-22/h6-10,13-14,20-21H,2-5,11-12,15-17H2,1H3/t21-/m0/s1. The number of hydrogen-bond acceptors (Lipinski definition) is 5. The second kappa shape index (κ2) is 10.0. The first kappa shape index (κ1) is 22.1. The van der Waals surface area contributed by atoms with E-state index in [9.17, 15) is 14.4 Å². The highest BCUT2D eigenvalue weighted by Gasteiger charge is 2.37. The number of carbonyl (C=O) groups excluding carboxylic acids is 3. The molecular weight excluding hydrogens is 408 g/mol. The van der Waals surface area contributed by atoms with Crippen LogP contribution in [0.5, 0.6) is 0 Å². The Morgan fingerprint density at radius 1 is 1.06 bits per heavy atom. The number of rotatable bonds is 6. The Labute approximate surface area is 188 Å². The van der Waals surface area contributed by atoms with Crippen molar-refractivity contribution in [2.45, 2.75) is 64.1 Å². The van der Waals surface area contributed by atoms with Crippen molar-refractivity contribution in [3.63, 3.8) is 0 Å². The maximum Gasteiger partial charge on any atom is 0.329 e. The maximum atomic E-state index is 13.1. The molecule has 2 aromatic rings. The molecule has 2 amide bonds. The fourth-order valence-electron chi connectivity index (χ4n) is 4.83. The van der Waals surface area contributed by atoms with Crippen LogP contribution in [0.3, 0.4) is 0 Å². The average molecular weight is 439 g/mol. The molecule has 7 nitrogen and oxygen atoms in total. The number of hydrogen-bond donors (Lipinski definition) is 0. The smallest absolute Gasteiger partial charge is 0.329 e. The predicted molar refractivity (Wildman–Crippen MR) is 118 cm³/mol. The van der Waals surface area contributed by atoms with Crippen molar-refractivity contribution in [3.8, 4) is 0 Å². The molecule has 4 rings (SSSR count). The highest BCUT2D eigenvalue weighted by atomic mass is 16.5. The number of ether oxygens (including phenoxy) is 1. The van der Waals surface area contributed by atoms with E-state index in [1.807, 2.05) is 36.1 Å². The molecule has 0 unspecified atom stereocenters. The van der Waals surface area contributed by atoms with E-state index in [0.717, 1.165) is 36.8 Å². The molecule has 0 radical (unpaired) electrons. The Kier molecular flexibility index (Phi) is 6.93. The Balaban J connectivity index is 1.46. The van der Waals surface area contributed by atoms with Crippen molar-refractivity contribution < 1.29 is 23.5 Å². The lowest BCUT2D eigenvalue weighted by Gasteiger charge is -2.35. The molecule has 0 bridgehead atoms. The topological polar surface area (TPSA) is 80.1 Å². The molecule has 1 aliphatic heterocycles. The van der Waals surface area contributed by atoms with Crippen LogP contribution in [-0.4, -0.2) is 52.8 Å². The molecule has 1 aromatic heterocycles. The predicted octanol–water partition coefficient (Wildman–Crippen LogP) is 3.57. The van der Waals surface area contributed by atoms with Crippen molar-refractivity contribution in [1.82, 2.24) is 9.80 Å². The minimum Gasteiger partial charge on any atom is -0.459 e. The summed E-state index contributed by atoms with van der Waals surface area (Å²) in [5.41, 5.74) is 1.99. The molecule has 1 fully saturated rings. The van der Waals surface area contributed by atoms with Crippen LogP contribution < -0.4 is 0 Å². The van der Waals surface area contributed by atoms with Gasteiger partial charge in [0.1, 0.15) is 6.04 Å². The third-order valence-corrected chi connectivity index (χ3v) is 6.53. The van der Waals surface area contributed by atoms with Crippen molar-refractivity contribution >= 4 is 17.8 Å². The molecule has 2 aliphatic rings. The minimum atomic E-state index is -0.806. The zero-order valence-electron chi connectivity index (χ0n) is 18.5. The van der Waals surface area contributed by atoms with Gasteiger partial charge in [-0.25, -0.2) is 4.79 Å². The Hall–Kier alpha value is -3.09. The first-order valence-corrected chi connectivity index (χ1v) is 11.5. The Morgan fingerprint density at radius 3 is 2.50 bits per heavy atom. The lowest BCUT2D eigenvalue weighted by Crippen LogP contribution is -2.50. The molecule has 1 atom stereocenters. The molecule has 2 heterocycles. The van der Waals surface area contributed by atoms with E-state index in [-0.39, 0.29) is 36.8 Å². The third-order valence-electron chi connectivity index (χ3n) is 6.53. The van der Waals surface area contributed by atoms with Crippen molar-refractivity contribution in [1.29, 1.82) is 0 Å². The summed E-state index contributed by atoms with van der Waals surface area (Å²) in [4.78, 5) is 42.2. The SMILES string of the molecule is CCN(C(=O)COC(=O)[C@@H]1Cc2ccccc2CN1C(=O)c1ccco1)C1CCCCC1. The molecule has 170 valence electrons. The zero-order valence-corrected chi connectivity index (χ0v) is 18.5. The van der Waals surface area contributed by atoms with Gasteiger partial charge < -0.3 is 19.0 Å². The number of furan rings is 1. The van der Waals surface area contributed by atoms with Crippen LogP contribution in [-0.2, 0) is 27.3 Å². The van der Waals surface area contributed by atoms with Gasteiger partial charge in [0, 0.05) is 25.6 Å². The number of amides is 2. The van der Waals surface area contributed by atoms with Gasteiger partial charge >= 0.3 is 5.97 Å². The number of carbonyl (C=O) groups is 3. The van der Waals surface area contributed by atoms with Crippen LogP contribution in [0.25, 0.3) is 0 Å². The second-order valence-corrected chi connectivity index (χ2v) is 8.48. The van der Waals surface area contributed by atoms with E-state index in [1.54, 1.807) is 12.1 Å². The van der Waals surface area contributed by atoms with E-state index in [0.29, 0.717) is 13.0 Å². The molecule has 0 spiro atoms. The highest BCUT2D eigenvalue weighted by molar-refractivity contribution is 5.95. The highest BCUT2D eigenvalue weighted by Crippen LogP contribution is 2.26. The summed E-state index contributed by atoms with van der Waals surface area (Å²) >= 11 is 0. The van der Waals surface area contributed by atoms with Crippen LogP contribution in [0.15, 0.2) is 47.1 Å². The van der Waals surface area contributed by atoms with Crippen LogP contribution in [0.1, 0.15) is 60.7 Å². The van der Waals surface area contributed by atoms with Crippen molar-refractivity contribution in [2.75, 3.05) is 13.2 Å². The molecule has 1 aromatic carbocycles. The summed E-state index contributed by atoms with van der Waals surface area (Å²) in [5, 5.41) is 0. The first-order valence-electron chi connectivity index (χ1n) is 11.5. The van der Waals surface area contributed by atoms with Crippen molar-refractivity contribution in [3.05, 3.63) is 59.5 Å². The number of esters is 1. The van der Waals surface area contributed by atoms with Gasteiger partial charge in [-0.05, 0) is 43.0 Å². The Bertz CT molecular complexity index is 949. The summed E-state index contributed by atoms with van der Waals surface area (Å²) in [6.45, 7) is 2.54.